The summed E-state index contributed by atoms with van der Waals surface area (Å²) in [4.78, 5) is 25.2. The Hall–Kier alpha value is -1.43. The SMILES string of the molecule is CCCCCCCCCN1CCn2c(n[nH]c(=O)c2=O)C1. The molecule has 21 heavy (non-hydrogen) atoms. The van der Waals surface area contributed by atoms with Gasteiger partial charge in [0.25, 0.3) is 0 Å². The molecule has 2 heterocycles. The molecule has 0 amide bonds. The number of hydrogen-bond donors (Lipinski definition) is 1. The van der Waals surface area contributed by atoms with Gasteiger partial charge >= 0.3 is 11.1 Å². The van der Waals surface area contributed by atoms with Crippen LogP contribution in [0.25, 0.3) is 0 Å². The Balaban J connectivity index is 1.72. The molecular weight excluding hydrogens is 268 g/mol. The first-order valence-electron chi connectivity index (χ1n) is 8.13. The molecule has 6 heteroatoms. The summed E-state index contributed by atoms with van der Waals surface area (Å²) in [5, 5.41) is 6.27. The first-order chi connectivity index (χ1) is 10.2. The Bertz CT molecular complexity index is 549. The van der Waals surface area contributed by atoms with Gasteiger partial charge in [0.05, 0.1) is 6.54 Å². The lowest BCUT2D eigenvalue weighted by Crippen LogP contribution is -2.46. The van der Waals surface area contributed by atoms with Gasteiger partial charge < -0.3 is 0 Å². The van der Waals surface area contributed by atoms with Crippen molar-refractivity contribution in [3.8, 4) is 0 Å². The summed E-state index contributed by atoms with van der Waals surface area (Å²) >= 11 is 0. The quantitative estimate of drug-likeness (QED) is 0.582. The molecule has 0 fully saturated rings. The van der Waals surface area contributed by atoms with E-state index in [-0.39, 0.29) is 0 Å². The van der Waals surface area contributed by atoms with Crippen molar-refractivity contribution in [2.24, 2.45) is 0 Å². The molecule has 0 unspecified atom stereocenters. The van der Waals surface area contributed by atoms with Crippen molar-refractivity contribution in [3.63, 3.8) is 0 Å². The molecule has 0 saturated carbocycles. The molecule has 1 N–H and O–H groups in total. The van der Waals surface area contributed by atoms with Crippen LogP contribution in [0.2, 0.25) is 0 Å². The van der Waals surface area contributed by atoms with Crippen LogP contribution in [0.3, 0.4) is 0 Å². The van der Waals surface area contributed by atoms with E-state index >= 15 is 0 Å². The number of hydrogen-bond acceptors (Lipinski definition) is 4. The lowest BCUT2D eigenvalue weighted by molar-refractivity contribution is 0.204. The molecule has 6 nitrogen and oxygen atoms in total. The predicted octanol–water partition coefficient (Wildman–Crippen LogP) is 1.50. The minimum absolute atomic E-state index is 0.476. The summed E-state index contributed by atoms with van der Waals surface area (Å²) in [6.45, 7) is 5.33. The highest BCUT2D eigenvalue weighted by Gasteiger charge is 2.18. The second-order valence-corrected chi connectivity index (χ2v) is 5.82. The zero-order valence-corrected chi connectivity index (χ0v) is 12.9. The average molecular weight is 294 g/mol. The van der Waals surface area contributed by atoms with Gasteiger partial charge in [0.2, 0.25) is 0 Å². The van der Waals surface area contributed by atoms with Crippen molar-refractivity contribution >= 4 is 0 Å². The van der Waals surface area contributed by atoms with Crippen LogP contribution in [0.15, 0.2) is 9.59 Å². The normalized spacial score (nSPS) is 15.1. The molecule has 0 bridgehead atoms. The van der Waals surface area contributed by atoms with Gasteiger partial charge in [-0.15, -0.1) is 0 Å². The highest BCUT2D eigenvalue weighted by atomic mass is 16.2. The van der Waals surface area contributed by atoms with Crippen molar-refractivity contribution in [1.29, 1.82) is 0 Å². The maximum atomic E-state index is 11.7. The second-order valence-electron chi connectivity index (χ2n) is 5.82. The lowest BCUT2D eigenvalue weighted by Gasteiger charge is -2.28. The van der Waals surface area contributed by atoms with Gasteiger partial charge in [-0.2, -0.15) is 5.10 Å². The standard InChI is InChI=1S/C15H26N4O2/c1-2-3-4-5-6-7-8-9-18-10-11-19-13(12-18)16-17-14(20)15(19)21/h2-12H2,1H3,(H,17,20). The van der Waals surface area contributed by atoms with E-state index in [0.717, 1.165) is 13.1 Å². The average Bonchev–Trinajstić information content (AvgIpc) is 2.50. The number of unbranched alkanes of at least 4 members (excludes halogenated alkanes) is 6. The molecular formula is C15H26N4O2. The molecule has 1 aliphatic heterocycles. The van der Waals surface area contributed by atoms with Crippen LogP contribution >= 0.6 is 0 Å². The zero-order valence-electron chi connectivity index (χ0n) is 12.9. The van der Waals surface area contributed by atoms with Crippen LogP contribution in [0.4, 0.5) is 0 Å². The van der Waals surface area contributed by atoms with Gasteiger partial charge in [0.1, 0.15) is 5.82 Å². The smallest absolute Gasteiger partial charge is 0.294 e. The van der Waals surface area contributed by atoms with Gasteiger partial charge in [-0.25, -0.2) is 5.10 Å². The van der Waals surface area contributed by atoms with Crippen LogP contribution in [-0.4, -0.2) is 32.8 Å². The molecule has 0 spiro atoms. The van der Waals surface area contributed by atoms with Crippen LogP contribution in [0, 0.1) is 0 Å². The lowest BCUT2D eigenvalue weighted by atomic mass is 10.1. The summed E-state index contributed by atoms with van der Waals surface area (Å²) in [6, 6.07) is 0. The number of rotatable bonds is 8. The number of nitrogens with one attached hydrogen (secondary N) is 1. The van der Waals surface area contributed by atoms with Crippen LogP contribution in [0.1, 0.15) is 57.7 Å². The zero-order chi connectivity index (χ0) is 15.1. The van der Waals surface area contributed by atoms with E-state index in [4.69, 9.17) is 0 Å². The fraction of sp³-hybridized carbons (Fsp3) is 0.800. The van der Waals surface area contributed by atoms with Crippen LogP contribution < -0.4 is 11.1 Å². The molecule has 1 aromatic heterocycles. The van der Waals surface area contributed by atoms with E-state index in [0.29, 0.717) is 18.9 Å². The summed E-state index contributed by atoms with van der Waals surface area (Å²) in [7, 11) is 0. The van der Waals surface area contributed by atoms with E-state index < -0.39 is 11.1 Å². The minimum atomic E-state index is -0.626. The van der Waals surface area contributed by atoms with Crippen molar-refractivity contribution in [2.75, 3.05) is 13.1 Å². The molecule has 0 aromatic carbocycles. The topological polar surface area (TPSA) is 71.0 Å². The molecule has 1 aromatic rings. The summed E-state index contributed by atoms with van der Waals surface area (Å²) in [5.74, 6) is 0.675. The molecule has 1 aliphatic rings. The maximum Gasteiger partial charge on any atom is 0.330 e. The number of nitrogens with zero attached hydrogens (tertiary/aromatic N) is 3. The first-order valence-corrected chi connectivity index (χ1v) is 8.13. The molecule has 0 saturated heterocycles. The number of aromatic amines is 1. The fourth-order valence-electron chi connectivity index (χ4n) is 2.82. The van der Waals surface area contributed by atoms with Gasteiger partial charge in [-0.3, -0.25) is 19.1 Å². The highest BCUT2D eigenvalue weighted by Crippen LogP contribution is 2.10. The molecule has 0 atom stereocenters. The van der Waals surface area contributed by atoms with E-state index in [2.05, 4.69) is 22.0 Å². The van der Waals surface area contributed by atoms with E-state index in [1.165, 1.54) is 49.5 Å². The van der Waals surface area contributed by atoms with E-state index in [1.807, 2.05) is 0 Å². The van der Waals surface area contributed by atoms with Crippen LogP contribution in [0.5, 0.6) is 0 Å². The maximum absolute atomic E-state index is 11.7. The van der Waals surface area contributed by atoms with Crippen LogP contribution in [-0.2, 0) is 13.1 Å². The van der Waals surface area contributed by atoms with Crippen molar-refractivity contribution in [3.05, 3.63) is 26.5 Å². The minimum Gasteiger partial charge on any atom is -0.294 e. The number of H-pyrrole nitrogens is 1. The van der Waals surface area contributed by atoms with Crippen molar-refractivity contribution < 1.29 is 0 Å². The fourth-order valence-corrected chi connectivity index (χ4v) is 2.82. The highest BCUT2D eigenvalue weighted by molar-refractivity contribution is 4.92. The Morgan fingerprint density at radius 3 is 2.52 bits per heavy atom. The molecule has 2 rings (SSSR count). The predicted molar refractivity (Wildman–Crippen MR) is 82.4 cm³/mol. The van der Waals surface area contributed by atoms with E-state index in [9.17, 15) is 9.59 Å². The Morgan fingerprint density at radius 2 is 1.76 bits per heavy atom. The van der Waals surface area contributed by atoms with Gasteiger partial charge in [-0.1, -0.05) is 45.4 Å². The largest absolute Gasteiger partial charge is 0.330 e. The Labute approximate surface area is 125 Å². The first kappa shape index (κ1) is 15.9. The number of aromatic nitrogens is 3. The van der Waals surface area contributed by atoms with Crippen molar-refractivity contribution in [2.45, 2.75) is 65.0 Å². The van der Waals surface area contributed by atoms with Gasteiger partial charge in [0.15, 0.2) is 0 Å². The van der Waals surface area contributed by atoms with E-state index in [1.54, 1.807) is 0 Å². The third kappa shape index (κ3) is 4.52. The monoisotopic (exact) mass is 294 g/mol. The summed E-state index contributed by atoms with van der Waals surface area (Å²) in [5.41, 5.74) is -1.10. The van der Waals surface area contributed by atoms with Gasteiger partial charge in [-0.05, 0) is 13.0 Å². The third-order valence-corrected chi connectivity index (χ3v) is 4.12. The molecule has 0 radical (unpaired) electrons. The Morgan fingerprint density at radius 1 is 1.05 bits per heavy atom. The van der Waals surface area contributed by atoms with Crippen molar-refractivity contribution in [1.82, 2.24) is 19.7 Å². The third-order valence-electron chi connectivity index (χ3n) is 4.12. The second kappa shape index (κ2) is 8.12. The molecule has 118 valence electrons. The summed E-state index contributed by atoms with van der Waals surface area (Å²) in [6.07, 6.45) is 9.12. The molecule has 0 aliphatic carbocycles. The van der Waals surface area contributed by atoms with Gasteiger partial charge in [0, 0.05) is 13.1 Å². The summed E-state index contributed by atoms with van der Waals surface area (Å²) < 4.78 is 1.50. The Kier molecular flexibility index (Phi) is 6.17. The number of fused-ring (bicyclic) bond motifs is 1.